The van der Waals surface area contributed by atoms with E-state index in [2.05, 4.69) is 24.5 Å². The van der Waals surface area contributed by atoms with Crippen molar-refractivity contribution in [2.75, 3.05) is 5.32 Å². The van der Waals surface area contributed by atoms with Crippen LogP contribution in [0.25, 0.3) is 0 Å². The van der Waals surface area contributed by atoms with Crippen molar-refractivity contribution in [3.05, 3.63) is 52.2 Å². The second-order valence-electron chi connectivity index (χ2n) is 5.00. The van der Waals surface area contributed by atoms with E-state index < -0.39 is 0 Å². The number of nitrogens with one attached hydrogen (secondary N) is 2. The Balaban J connectivity index is 1.98. The lowest BCUT2D eigenvalue weighted by Gasteiger charge is -2.14. The molecule has 116 valence electrons. The Morgan fingerprint density at radius 2 is 1.73 bits per heavy atom. The van der Waals surface area contributed by atoms with Crippen LogP contribution >= 0.6 is 11.3 Å². The van der Waals surface area contributed by atoms with Crippen molar-refractivity contribution in [2.24, 2.45) is 0 Å². The second kappa shape index (κ2) is 7.75. The van der Waals surface area contributed by atoms with Gasteiger partial charge in [0.1, 0.15) is 0 Å². The molecule has 2 aromatic rings. The molecule has 0 unspecified atom stereocenters. The third kappa shape index (κ3) is 4.18. The van der Waals surface area contributed by atoms with Crippen LogP contribution in [0.2, 0.25) is 0 Å². The van der Waals surface area contributed by atoms with Gasteiger partial charge in [0.05, 0.1) is 4.88 Å². The number of thiophene rings is 1. The van der Waals surface area contributed by atoms with E-state index in [1.807, 2.05) is 11.4 Å². The summed E-state index contributed by atoms with van der Waals surface area (Å²) in [4.78, 5) is 24.7. The average Bonchev–Trinajstić information content (AvgIpc) is 3.07. The standard InChI is InChI=1S/C17H20N2O2S/c1-3-13(4-2)18-16(20)12-7-9-14(10-8-12)19-17(21)15-6-5-11-22-15/h5-11,13H,3-4H2,1-2H3,(H,18,20)(H,19,21). The third-order valence-electron chi connectivity index (χ3n) is 3.47. The van der Waals surface area contributed by atoms with Crippen molar-refractivity contribution >= 4 is 28.8 Å². The van der Waals surface area contributed by atoms with Crippen LogP contribution < -0.4 is 10.6 Å². The third-order valence-corrected chi connectivity index (χ3v) is 4.34. The molecule has 0 fully saturated rings. The lowest BCUT2D eigenvalue weighted by molar-refractivity contribution is 0.0934. The van der Waals surface area contributed by atoms with Crippen LogP contribution in [0.1, 0.15) is 46.7 Å². The Morgan fingerprint density at radius 3 is 2.27 bits per heavy atom. The first-order valence-electron chi connectivity index (χ1n) is 7.39. The van der Waals surface area contributed by atoms with Crippen molar-refractivity contribution in [3.8, 4) is 0 Å². The molecule has 2 rings (SSSR count). The summed E-state index contributed by atoms with van der Waals surface area (Å²) in [5.41, 5.74) is 1.28. The summed E-state index contributed by atoms with van der Waals surface area (Å²) in [6, 6.07) is 10.7. The Hall–Kier alpha value is -2.14. The number of carbonyl (C=O) groups is 2. The molecule has 5 heteroatoms. The summed E-state index contributed by atoms with van der Waals surface area (Å²) in [7, 11) is 0. The molecule has 2 amide bonds. The maximum Gasteiger partial charge on any atom is 0.265 e. The molecular formula is C17H20N2O2S. The summed E-state index contributed by atoms with van der Waals surface area (Å²) >= 11 is 1.39. The molecule has 2 N–H and O–H groups in total. The summed E-state index contributed by atoms with van der Waals surface area (Å²) in [6.07, 6.45) is 1.83. The van der Waals surface area contributed by atoms with Gasteiger partial charge in [0.15, 0.2) is 0 Å². The summed E-state index contributed by atoms with van der Waals surface area (Å²) in [5.74, 6) is -0.214. The van der Waals surface area contributed by atoms with Crippen LogP contribution in [0.15, 0.2) is 41.8 Å². The molecule has 4 nitrogen and oxygen atoms in total. The molecule has 0 aliphatic heterocycles. The number of amides is 2. The van der Waals surface area contributed by atoms with Crippen LogP contribution in [0.3, 0.4) is 0 Å². The van der Waals surface area contributed by atoms with Gasteiger partial charge in [0.2, 0.25) is 0 Å². The van der Waals surface area contributed by atoms with Crippen LogP contribution in [0.4, 0.5) is 5.69 Å². The summed E-state index contributed by atoms with van der Waals surface area (Å²) in [5, 5.41) is 7.67. The van der Waals surface area contributed by atoms with Gasteiger partial charge >= 0.3 is 0 Å². The quantitative estimate of drug-likeness (QED) is 0.848. The van der Waals surface area contributed by atoms with Crippen molar-refractivity contribution in [1.29, 1.82) is 0 Å². The van der Waals surface area contributed by atoms with Crippen LogP contribution in [-0.4, -0.2) is 17.9 Å². The Morgan fingerprint density at radius 1 is 1.05 bits per heavy atom. The van der Waals surface area contributed by atoms with E-state index in [0.29, 0.717) is 16.1 Å². The van der Waals surface area contributed by atoms with E-state index in [-0.39, 0.29) is 17.9 Å². The van der Waals surface area contributed by atoms with Crippen molar-refractivity contribution in [2.45, 2.75) is 32.7 Å². The van der Waals surface area contributed by atoms with E-state index in [1.165, 1.54) is 11.3 Å². The SMILES string of the molecule is CCC(CC)NC(=O)c1ccc(NC(=O)c2cccs2)cc1. The van der Waals surface area contributed by atoms with Gasteiger partial charge in [0, 0.05) is 17.3 Å². The summed E-state index contributed by atoms with van der Waals surface area (Å²) in [6.45, 7) is 4.11. The molecule has 0 spiro atoms. The molecule has 1 heterocycles. The molecule has 1 aromatic carbocycles. The van der Waals surface area contributed by atoms with Crippen LogP contribution in [-0.2, 0) is 0 Å². The van der Waals surface area contributed by atoms with Gasteiger partial charge in [-0.3, -0.25) is 9.59 Å². The Bertz CT molecular complexity index is 617. The van der Waals surface area contributed by atoms with E-state index in [0.717, 1.165) is 12.8 Å². The lowest BCUT2D eigenvalue weighted by Crippen LogP contribution is -2.33. The van der Waals surface area contributed by atoms with Gasteiger partial charge in [-0.15, -0.1) is 11.3 Å². The molecule has 0 atom stereocenters. The summed E-state index contributed by atoms with van der Waals surface area (Å²) < 4.78 is 0. The predicted molar refractivity (Wildman–Crippen MR) is 90.6 cm³/mol. The van der Waals surface area contributed by atoms with Crippen molar-refractivity contribution in [3.63, 3.8) is 0 Å². The number of hydrogen-bond donors (Lipinski definition) is 2. The molecule has 22 heavy (non-hydrogen) atoms. The fraction of sp³-hybridized carbons (Fsp3) is 0.294. The van der Waals surface area contributed by atoms with E-state index in [4.69, 9.17) is 0 Å². The van der Waals surface area contributed by atoms with E-state index >= 15 is 0 Å². The van der Waals surface area contributed by atoms with Gasteiger partial charge in [-0.2, -0.15) is 0 Å². The highest BCUT2D eigenvalue weighted by molar-refractivity contribution is 7.12. The number of benzene rings is 1. The largest absolute Gasteiger partial charge is 0.349 e. The minimum absolute atomic E-state index is 0.0789. The van der Waals surface area contributed by atoms with Gasteiger partial charge < -0.3 is 10.6 Å². The van der Waals surface area contributed by atoms with Gasteiger partial charge in [-0.05, 0) is 48.6 Å². The predicted octanol–water partition coefficient (Wildman–Crippen LogP) is 3.92. The molecule has 0 aliphatic carbocycles. The Labute approximate surface area is 134 Å². The first-order valence-corrected chi connectivity index (χ1v) is 8.27. The fourth-order valence-electron chi connectivity index (χ4n) is 2.07. The van der Waals surface area contributed by atoms with Gasteiger partial charge in [0.25, 0.3) is 11.8 Å². The number of hydrogen-bond acceptors (Lipinski definition) is 3. The number of rotatable bonds is 6. The minimum Gasteiger partial charge on any atom is -0.349 e. The maximum atomic E-state index is 12.1. The number of carbonyl (C=O) groups excluding carboxylic acids is 2. The van der Waals surface area contributed by atoms with Gasteiger partial charge in [-0.1, -0.05) is 19.9 Å². The molecule has 0 radical (unpaired) electrons. The van der Waals surface area contributed by atoms with E-state index in [1.54, 1.807) is 30.3 Å². The molecule has 0 saturated carbocycles. The topological polar surface area (TPSA) is 58.2 Å². The first-order chi connectivity index (χ1) is 10.6. The lowest BCUT2D eigenvalue weighted by atomic mass is 10.1. The smallest absolute Gasteiger partial charge is 0.265 e. The van der Waals surface area contributed by atoms with Crippen LogP contribution in [0, 0.1) is 0 Å². The highest BCUT2D eigenvalue weighted by atomic mass is 32.1. The molecule has 0 aliphatic rings. The van der Waals surface area contributed by atoms with Crippen LogP contribution in [0.5, 0.6) is 0 Å². The Kier molecular flexibility index (Phi) is 5.72. The fourth-order valence-corrected chi connectivity index (χ4v) is 2.69. The molecular weight excluding hydrogens is 296 g/mol. The zero-order valence-electron chi connectivity index (χ0n) is 12.8. The minimum atomic E-state index is -0.135. The highest BCUT2D eigenvalue weighted by Gasteiger charge is 2.11. The highest BCUT2D eigenvalue weighted by Crippen LogP contribution is 2.14. The van der Waals surface area contributed by atoms with Crippen molar-refractivity contribution in [1.82, 2.24) is 5.32 Å². The first kappa shape index (κ1) is 16.2. The normalized spacial score (nSPS) is 10.5. The van der Waals surface area contributed by atoms with E-state index in [9.17, 15) is 9.59 Å². The molecule has 1 aromatic heterocycles. The molecule has 0 saturated heterocycles. The zero-order chi connectivity index (χ0) is 15.9. The molecule has 0 bridgehead atoms. The average molecular weight is 316 g/mol. The monoisotopic (exact) mass is 316 g/mol. The van der Waals surface area contributed by atoms with Crippen molar-refractivity contribution < 1.29 is 9.59 Å². The number of anilines is 1. The van der Waals surface area contributed by atoms with Gasteiger partial charge in [-0.25, -0.2) is 0 Å². The zero-order valence-corrected chi connectivity index (χ0v) is 13.6. The second-order valence-corrected chi connectivity index (χ2v) is 5.94. The maximum absolute atomic E-state index is 12.1.